The Hall–Kier alpha value is -1.55. The van der Waals surface area contributed by atoms with Crippen molar-refractivity contribution in [3.05, 3.63) is 24.3 Å². The number of nitrogens with one attached hydrogen (secondary N) is 2. The second-order valence-electron chi connectivity index (χ2n) is 5.77. The second-order valence-corrected chi connectivity index (χ2v) is 5.77. The van der Waals surface area contributed by atoms with Crippen molar-refractivity contribution in [1.29, 1.82) is 0 Å². The van der Waals surface area contributed by atoms with E-state index in [1.807, 2.05) is 24.3 Å². The number of carbonyl (C=O) groups is 1. The summed E-state index contributed by atoms with van der Waals surface area (Å²) in [6.07, 6.45) is 2.03. The summed E-state index contributed by atoms with van der Waals surface area (Å²) in [4.78, 5) is 12.2. The second kappa shape index (κ2) is 7.29. The van der Waals surface area contributed by atoms with Gasteiger partial charge in [0.1, 0.15) is 5.75 Å². The van der Waals surface area contributed by atoms with Gasteiger partial charge < -0.3 is 15.4 Å². The molecule has 1 aromatic rings. The highest BCUT2D eigenvalue weighted by atomic mass is 16.5. The highest BCUT2D eigenvalue weighted by Gasteiger charge is 2.20. The average molecular weight is 276 g/mol. The van der Waals surface area contributed by atoms with Gasteiger partial charge in [-0.05, 0) is 37.4 Å². The molecule has 4 nitrogen and oxygen atoms in total. The van der Waals surface area contributed by atoms with Gasteiger partial charge in [-0.1, -0.05) is 19.9 Å². The number of hydrogen-bond acceptors (Lipinski definition) is 3. The first-order valence-electron chi connectivity index (χ1n) is 7.39. The normalized spacial score (nSPS) is 18.9. The van der Waals surface area contributed by atoms with Crippen molar-refractivity contribution < 1.29 is 9.53 Å². The minimum Gasteiger partial charge on any atom is -0.493 e. The molecule has 0 bridgehead atoms. The van der Waals surface area contributed by atoms with E-state index < -0.39 is 0 Å². The van der Waals surface area contributed by atoms with Crippen molar-refractivity contribution in [2.45, 2.75) is 26.7 Å². The van der Waals surface area contributed by atoms with Crippen molar-refractivity contribution >= 4 is 11.6 Å². The fourth-order valence-electron chi connectivity index (χ4n) is 2.25. The highest BCUT2D eigenvalue weighted by Crippen LogP contribution is 2.20. The SMILES string of the molecule is CC(C)COc1cccc(NC(=O)[C@H]2CCCNC2)c1. The first-order chi connectivity index (χ1) is 9.65. The van der Waals surface area contributed by atoms with E-state index in [0.29, 0.717) is 12.5 Å². The molecule has 0 unspecified atom stereocenters. The minimum atomic E-state index is 0.0731. The van der Waals surface area contributed by atoms with Crippen molar-refractivity contribution in [2.75, 3.05) is 25.0 Å². The van der Waals surface area contributed by atoms with Crippen LogP contribution in [0.5, 0.6) is 5.75 Å². The molecule has 110 valence electrons. The van der Waals surface area contributed by atoms with Gasteiger partial charge in [-0.3, -0.25) is 4.79 Å². The van der Waals surface area contributed by atoms with Gasteiger partial charge in [0.05, 0.1) is 12.5 Å². The summed E-state index contributed by atoms with van der Waals surface area (Å²) in [7, 11) is 0. The fraction of sp³-hybridized carbons (Fsp3) is 0.562. The molecule has 4 heteroatoms. The summed E-state index contributed by atoms with van der Waals surface area (Å²) >= 11 is 0. The zero-order valence-electron chi connectivity index (χ0n) is 12.3. The van der Waals surface area contributed by atoms with Crippen LogP contribution < -0.4 is 15.4 Å². The smallest absolute Gasteiger partial charge is 0.228 e. The number of ether oxygens (including phenoxy) is 1. The van der Waals surface area contributed by atoms with E-state index in [9.17, 15) is 4.79 Å². The maximum Gasteiger partial charge on any atom is 0.228 e. The molecule has 0 saturated carbocycles. The maximum atomic E-state index is 12.2. The molecule has 1 heterocycles. The number of anilines is 1. The van der Waals surface area contributed by atoms with Crippen LogP contribution in [0.4, 0.5) is 5.69 Å². The van der Waals surface area contributed by atoms with E-state index in [4.69, 9.17) is 4.74 Å². The summed E-state index contributed by atoms with van der Waals surface area (Å²) < 4.78 is 5.67. The number of benzene rings is 1. The molecule has 0 spiro atoms. The molecular formula is C16H24N2O2. The van der Waals surface area contributed by atoms with Gasteiger partial charge in [-0.15, -0.1) is 0 Å². The van der Waals surface area contributed by atoms with Crippen molar-refractivity contribution in [3.63, 3.8) is 0 Å². The van der Waals surface area contributed by atoms with Gasteiger partial charge in [-0.2, -0.15) is 0 Å². The van der Waals surface area contributed by atoms with Crippen LogP contribution in [0.2, 0.25) is 0 Å². The van der Waals surface area contributed by atoms with Crippen LogP contribution in [0.1, 0.15) is 26.7 Å². The largest absolute Gasteiger partial charge is 0.493 e. The zero-order chi connectivity index (χ0) is 14.4. The van der Waals surface area contributed by atoms with Crippen LogP contribution >= 0.6 is 0 Å². The van der Waals surface area contributed by atoms with E-state index in [2.05, 4.69) is 24.5 Å². The van der Waals surface area contributed by atoms with Gasteiger partial charge in [0.2, 0.25) is 5.91 Å². The van der Waals surface area contributed by atoms with Gasteiger partial charge >= 0.3 is 0 Å². The van der Waals surface area contributed by atoms with Crippen LogP contribution in [0, 0.1) is 11.8 Å². The zero-order valence-corrected chi connectivity index (χ0v) is 12.3. The van der Waals surface area contributed by atoms with Crippen LogP contribution in [0.15, 0.2) is 24.3 Å². The Morgan fingerprint density at radius 3 is 3.05 bits per heavy atom. The first kappa shape index (κ1) is 14.9. The summed E-state index contributed by atoms with van der Waals surface area (Å²) in [5.41, 5.74) is 0.807. The Kier molecular flexibility index (Phi) is 5.41. The van der Waals surface area contributed by atoms with Crippen LogP contribution in [-0.4, -0.2) is 25.6 Å². The van der Waals surface area contributed by atoms with Crippen molar-refractivity contribution in [2.24, 2.45) is 11.8 Å². The molecule has 20 heavy (non-hydrogen) atoms. The molecule has 1 atom stereocenters. The third kappa shape index (κ3) is 4.53. The predicted molar refractivity (Wildman–Crippen MR) is 81.0 cm³/mol. The lowest BCUT2D eigenvalue weighted by Gasteiger charge is -2.22. The van der Waals surface area contributed by atoms with E-state index in [-0.39, 0.29) is 11.8 Å². The monoisotopic (exact) mass is 276 g/mol. The van der Waals surface area contributed by atoms with E-state index >= 15 is 0 Å². The van der Waals surface area contributed by atoms with E-state index in [1.165, 1.54) is 0 Å². The fourth-order valence-corrected chi connectivity index (χ4v) is 2.25. The van der Waals surface area contributed by atoms with Gasteiger partial charge in [-0.25, -0.2) is 0 Å². The number of piperidine rings is 1. The molecule has 1 aliphatic heterocycles. The molecule has 1 fully saturated rings. The van der Waals surface area contributed by atoms with E-state index in [1.54, 1.807) is 0 Å². The maximum absolute atomic E-state index is 12.2. The molecule has 0 aromatic heterocycles. The lowest BCUT2D eigenvalue weighted by Crippen LogP contribution is -2.37. The topological polar surface area (TPSA) is 50.4 Å². The van der Waals surface area contributed by atoms with Gasteiger partial charge in [0.15, 0.2) is 0 Å². The Morgan fingerprint density at radius 1 is 1.50 bits per heavy atom. The standard InChI is InChI=1S/C16H24N2O2/c1-12(2)11-20-15-7-3-6-14(9-15)18-16(19)13-5-4-8-17-10-13/h3,6-7,9,12-13,17H,4-5,8,10-11H2,1-2H3,(H,18,19)/t13-/m0/s1. The average Bonchev–Trinajstić information content (AvgIpc) is 2.46. The first-order valence-corrected chi connectivity index (χ1v) is 7.39. The number of carbonyl (C=O) groups excluding carboxylic acids is 1. The van der Waals surface area contributed by atoms with Gasteiger partial charge in [0, 0.05) is 18.3 Å². The molecule has 0 radical (unpaired) electrons. The summed E-state index contributed by atoms with van der Waals surface area (Å²) in [5, 5.41) is 6.24. The predicted octanol–water partition coefficient (Wildman–Crippen LogP) is 2.66. The Bertz CT molecular complexity index is 440. The van der Waals surface area contributed by atoms with Gasteiger partial charge in [0.25, 0.3) is 0 Å². The molecule has 1 saturated heterocycles. The minimum absolute atomic E-state index is 0.0731. The third-order valence-corrected chi connectivity index (χ3v) is 3.35. The van der Waals surface area contributed by atoms with Crippen LogP contribution in [-0.2, 0) is 4.79 Å². The van der Waals surface area contributed by atoms with Crippen LogP contribution in [0.3, 0.4) is 0 Å². The Balaban J connectivity index is 1.91. The summed E-state index contributed by atoms with van der Waals surface area (Å²) in [6.45, 7) is 6.70. The number of rotatable bonds is 5. The highest BCUT2D eigenvalue weighted by molar-refractivity contribution is 5.92. The molecule has 1 aliphatic rings. The lowest BCUT2D eigenvalue weighted by atomic mass is 9.99. The Morgan fingerprint density at radius 2 is 2.35 bits per heavy atom. The number of amides is 1. The summed E-state index contributed by atoms with van der Waals surface area (Å²) in [5.74, 6) is 1.46. The summed E-state index contributed by atoms with van der Waals surface area (Å²) in [6, 6.07) is 7.61. The molecule has 0 aliphatic carbocycles. The molecule has 2 rings (SSSR count). The molecule has 2 N–H and O–H groups in total. The quantitative estimate of drug-likeness (QED) is 0.869. The van der Waals surface area contributed by atoms with Crippen molar-refractivity contribution in [1.82, 2.24) is 5.32 Å². The lowest BCUT2D eigenvalue weighted by molar-refractivity contribution is -0.120. The van der Waals surface area contributed by atoms with E-state index in [0.717, 1.165) is 37.4 Å². The van der Waals surface area contributed by atoms with Crippen molar-refractivity contribution in [3.8, 4) is 5.75 Å². The van der Waals surface area contributed by atoms with Crippen LogP contribution in [0.25, 0.3) is 0 Å². The third-order valence-electron chi connectivity index (χ3n) is 3.35. The molecule has 1 aromatic carbocycles. The Labute approximate surface area is 120 Å². The number of hydrogen-bond donors (Lipinski definition) is 2. The molecule has 1 amide bonds. The molecular weight excluding hydrogens is 252 g/mol.